The minimum Gasteiger partial charge on any atom is -0.350 e. The summed E-state index contributed by atoms with van der Waals surface area (Å²) in [6.07, 6.45) is 0. The molecule has 0 spiro atoms. The van der Waals surface area contributed by atoms with Crippen molar-refractivity contribution in [1.29, 1.82) is 0 Å². The van der Waals surface area contributed by atoms with E-state index in [0.29, 0.717) is 0 Å². The predicted octanol–water partition coefficient (Wildman–Crippen LogP) is 1.25. The number of nitrogens with one attached hydrogen (secondary N) is 1. The van der Waals surface area contributed by atoms with Gasteiger partial charge < -0.3 is 15.1 Å². The largest absolute Gasteiger partial charge is 0.350 e. The lowest BCUT2D eigenvalue weighted by Gasteiger charge is -2.18. The third-order valence-corrected chi connectivity index (χ3v) is 3.31. The maximum absolute atomic E-state index is 4.59. The lowest BCUT2D eigenvalue weighted by atomic mass is 10.5. The van der Waals surface area contributed by atoms with Gasteiger partial charge in [0.1, 0.15) is 0 Å². The van der Waals surface area contributed by atoms with E-state index in [1.807, 2.05) is 0 Å². The fourth-order valence-corrected chi connectivity index (χ4v) is 2.07. The Balaban J connectivity index is 2.43. The molecule has 1 rings (SSSR count). The van der Waals surface area contributed by atoms with E-state index < -0.39 is 0 Å². The van der Waals surface area contributed by atoms with Gasteiger partial charge in [0.25, 0.3) is 0 Å². The molecule has 1 aromatic rings. The van der Waals surface area contributed by atoms with Crippen molar-refractivity contribution in [3.8, 4) is 0 Å². The van der Waals surface area contributed by atoms with Crippen LogP contribution in [0.5, 0.6) is 0 Å². The first-order valence-electron chi connectivity index (χ1n) is 5.64. The Bertz CT molecular complexity index is 298. The minimum atomic E-state index is 0.870. The molecule has 0 aliphatic carbocycles. The van der Waals surface area contributed by atoms with Crippen LogP contribution >= 0.6 is 11.3 Å². The van der Waals surface area contributed by atoms with Gasteiger partial charge in [0, 0.05) is 32.1 Å². The second-order valence-electron chi connectivity index (χ2n) is 4.13. The summed E-state index contributed by atoms with van der Waals surface area (Å²) >= 11 is 1.72. The highest BCUT2D eigenvalue weighted by atomic mass is 32.1. The third-order valence-electron chi connectivity index (χ3n) is 2.30. The summed E-state index contributed by atoms with van der Waals surface area (Å²) in [5, 5.41) is 6.52. The van der Waals surface area contributed by atoms with Crippen LogP contribution in [0.2, 0.25) is 0 Å². The Hall–Kier alpha value is -0.650. The second kappa shape index (κ2) is 6.83. The molecule has 4 nitrogen and oxygen atoms in total. The molecular weight excluding hydrogens is 220 g/mol. The van der Waals surface area contributed by atoms with E-state index in [1.54, 1.807) is 11.3 Å². The van der Waals surface area contributed by atoms with E-state index in [2.05, 4.69) is 53.5 Å². The number of hydrogen-bond donors (Lipinski definition) is 1. The van der Waals surface area contributed by atoms with Crippen LogP contribution in [0.1, 0.15) is 12.6 Å². The molecule has 1 aromatic heterocycles. The molecule has 5 heteroatoms. The maximum atomic E-state index is 4.59. The summed E-state index contributed by atoms with van der Waals surface area (Å²) < 4.78 is 0. The summed E-state index contributed by atoms with van der Waals surface area (Å²) in [6.45, 7) is 6.04. The van der Waals surface area contributed by atoms with Crippen LogP contribution in [-0.2, 0) is 6.54 Å². The Kier molecular flexibility index (Phi) is 5.73. The lowest BCUT2D eigenvalue weighted by molar-refractivity contribution is 0.416. The second-order valence-corrected chi connectivity index (χ2v) is 4.96. The number of rotatable bonds is 7. The Labute approximate surface area is 102 Å². The highest BCUT2D eigenvalue weighted by Gasteiger charge is 2.06. The van der Waals surface area contributed by atoms with Crippen molar-refractivity contribution in [3.63, 3.8) is 0 Å². The lowest BCUT2D eigenvalue weighted by Crippen LogP contribution is -2.28. The van der Waals surface area contributed by atoms with Gasteiger partial charge in [0.2, 0.25) is 0 Å². The number of nitrogens with zero attached hydrogens (tertiary/aromatic N) is 3. The molecular formula is C11H22N4S. The molecule has 0 amide bonds. The topological polar surface area (TPSA) is 31.4 Å². The molecule has 0 saturated heterocycles. The Morgan fingerprint density at radius 1 is 1.31 bits per heavy atom. The van der Waals surface area contributed by atoms with Gasteiger partial charge in [0.15, 0.2) is 5.13 Å². The molecule has 0 bridgehead atoms. The first kappa shape index (κ1) is 13.4. The first-order chi connectivity index (χ1) is 7.63. The molecule has 0 aliphatic rings. The van der Waals surface area contributed by atoms with Crippen molar-refractivity contribution in [3.05, 3.63) is 11.1 Å². The average Bonchev–Trinajstić information content (AvgIpc) is 2.71. The van der Waals surface area contributed by atoms with Crippen LogP contribution in [0.15, 0.2) is 5.38 Å². The predicted molar refractivity (Wildman–Crippen MR) is 71.3 cm³/mol. The first-order valence-corrected chi connectivity index (χ1v) is 6.52. The molecule has 0 unspecified atom stereocenters. The zero-order chi connectivity index (χ0) is 12.0. The zero-order valence-electron chi connectivity index (χ0n) is 10.7. The molecule has 92 valence electrons. The van der Waals surface area contributed by atoms with Gasteiger partial charge in [-0.2, -0.15) is 0 Å². The average molecular weight is 242 g/mol. The van der Waals surface area contributed by atoms with Crippen LogP contribution < -0.4 is 10.2 Å². The van der Waals surface area contributed by atoms with Gasteiger partial charge >= 0.3 is 0 Å². The van der Waals surface area contributed by atoms with Gasteiger partial charge in [-0.1, -0.05) is 6.92 Å². The zero-order valence-corrected chi connectivity index (χ0v) is 11.5. The Morgan fingerprint density at radius 3 is 2.69 bits per heavy atom. The van der Waals surface area contributed by atoms with Crippen molar-refractivity contribution in [2.75, 3.05) is 45.7 Å². The van der Waals surface area contributed by atoms with Crippen molar-refractivity contribution in [2.24, 2.45) is 0 Å². The van der Waals surface area contributed by atoms with Crippen LogP contribution in [0.3, 0.4) is 0 Å². The molecule has 0 aromatic carbocycles. The molecule has 1 heterocycles. The van der Waals surface area contributed by atoms with Crippen LogP contribution in [-0.4, -0.2) is 50.7 Å². The summed E-state index contributed by atoms with van der Waals surface area (Å²) in [7, 11) is 6.28. The number of likely N-dealkylation sites (N-methyl/N-ethyl adjacent to an activating group) is 2. The van der Waals surface area contributed by atoms with Gasteiger partial charge in [0.05, 0.1) is 5.69 Å². The van der Waals surface area contributed by atoms with Gasteiger partial charge in [-0.05, 0) is 20.6 Å². The molecule has 0 fully saturated rings. The van der Waals surface area contributed by atoms with Crippen molar-refractivity contribution < 1.29 is 0 Å². The number of thiazole rings is 1. The van der Waals surface area contributed by atoms with Gasteiger partial charge in [-0.15, -0.1) is 11.3 Å². The highest BCUT2D eigenvalue weighted by molar-refractivity contribution is 7.13. The number of anilines is 1. The van der Waals surface area contributed by atoms with E-state index in [9.17, 15) is 0 Å². The van der Waals surface area contributed by atoms with Crippen LogP contribution in [0.4, 0.5) is 5.13 Å². The quantitative estimate of drug-likeness (QED) is 0.780. The van der Waals surface area contributed by atoms with Crippen molar-refractivity contribution in [2.45, 2.75) is 13.5 Å². The van der Waals surface area contributed by atoms with Crippen molar-refractivity contribution >= 4 is 16.5 Å². The van der Waals surface area contributed by atoms with E-state index >= 15 is 0 Å². The van der Waals surface area contributed by atoms with E-state index in [4.69, 9.17) is 0 Å². The Morgan fingerprint density at radius 2 is 2.06 bits per heavy atom. The van der Waals surface area contributed by atoms with Crippen molar-refractivity contribution in [1.82, 2.24) is 15.2 Å². The third kappa shape index (κ3) is 4.47. The fourth-order valence-electron chi connectivity index (χ4n) is 1.25. The summed E-state index contributed by atoms with van der Waals surface area (Å²) in [5.74, 6) is 0. The van der Waals surface area contributed by atoms with Crippen LogP contribution in [0, 0.1) is 0 Å². The monoisotopic (exact) mass is 242 g/mol. The number of hydrogen-bond acceptors (Lipinski definition) is 5. The smallest absolute Gasteiger partial charge is 0.185 e. The summed E-state index contributed by atoms with van der Waals surface area (Å²) in [6, 6.07) is 0. The summed E-state index contributed by atoms with van der Waals surface area (Å²) in [4.78, 5) is 8.98. The van der Waals surface area contributed by atoms with E-state index in [1.165, 1.54) is 0 Å². The fraction of sp³-hybridized carbons (Fsp3) is 0.727. The number of aromatic nitrogens is 1. The van der Waals surface area contributed by atoms with Crippen LogP contribution in [0.25, 0.3) is 0 Å². The van der Waals surface area contributed by atoms with Gasteiger partial charge in [-0.3, -0.25) is 0 Å². The molecule has 16 heavy (non-hydrogen) atoms. The van der Waals surface area contributed by atoms with Gasteiger partial charge in [-0.25, -0.2) is 4.98 Å². The molecule has 0 aliphatic heterocycles. The minimum absolute atomic E-state index is 0.870. The van der Waals surface area contributed by atoms with E-state index in [0.717, 1.165) is 37.0 Å². The normalized spacial score (nSPS) is 11.1. The van der Waals surface area contributed by atoms with E-state index in [-0.39, 0.29) is 0 Å². The highest BCUT2D eigenvalue weighted by Crippen LogP contribution is 2.18. The summed E-state index contributed by atoms with van der Waals surface area (Å²) in [5.41, 5.74) is 1.14. The molecule has 0 atom stereocenters. The molecule has 0 saturated carbocycles. The molecule has 0 radical (unpaired) electrons. The SMILES string of the molecule is CCNCc1csc(N(C)CCN(C)C)n1. The molecule has 1 N–H and O–H groups in total. The maximum Gasteiger partial charge on any atom is 0.185 e. The standard InChI is InChI=1S/C11H22N4S/c1-5-12-8-10-9-16-11(13-10)15(4)7-6-14(2)3/h9,12H,5-8H2,1-4H3.